The first-order valence-corrected chi connectivity index (χ1v) is 7.64. The van der Waals surface area contributed by atoms with Crippen molar-refractivity contribution in [1.29, 1.82) is 0 Å². The Bertz CT molecular complexity index is 556. The molecular formula is C14H14Br2FNO. The first-order chi connectivity index (χ1) is 9.13. The third-order valence-electron chi connectivity index (χ3n) is 2.77. The van der Waals surface area contributed by atoms with E-state index in [-0.39, 0.29) is 11.9 Å². The molecule has 1 N–H and O–H groups in total. The number of hydrogen-bond acceptors (Lipinski definition) is 2. The van der Waals surface area contributed by atoms with Gasteiger partial charge in [0.1, 0.15) is 11.6 Å². The Kier molecular flexibility index (Phi) is 5.19. The van der Waals surface area contributed by atoms with Crippen LogP contribution in [0.2, 0.25) is 0 Å². The molecule has 1 atom stereocenters. The van der Waals surface area contributed by atoms with Gasteiger partial charge in [-0.2, -0.15) is 0 Å². The molecule has 0 saturated carbocycles. The van der Waals surface area contributed by atoms with Crippen LogP contribution in [-0.4, -0.2) is 6.54 Å². The second-order valence-electron chi connectivity index (χ2n) is 4.17. The summed E-state index contributed by atoms with van der Waals surface area (Å²) in [5.74, 6) is 0.484. The van der Waals surface area contributed by atoms with E-state index in [1.807, 2.05) is 18.2 Å². The minimum atomic E-state index is -0.272. The Balaban J connectivity index is 2.39. The molecule has 1 aromatic heterocycles. The summed E-state index contributed by atoms with van der Waals surface area (Å²) < 4.78 is 20.4. The number of hydrogen-bond donors (Lipinski definition) is 1. The van der Waals surface area contributed by atoms with E-state index in [9.17, 15) is 4.39 Å². The lowest BCUT2D eigenvalue weighted by Gasteiger charge is -2.18. The van der Waals surface area contributed by atoms with Crippen molar-refractivity contribution in [2.24, 2.45) is 0 Å². The highest BCUT2D eigenvalue weighted by molar-refractivity contribution is 9.10. The summed E-state index contributed by atoms with van der Waals surface area (Å²) in [5.41, 5.74) is 0.829. The highest BCUT2D eigenvalue weighted by Crippen LogP contribution is 2.32. The van der Waals surface area contributed by atoms with E-state index in [0.29, 0.717) is 9.14 Å². The second-order valence-corrected chi connectivity index (χ2v) is 5.75. The van der Waals surface area contributed by atoms with Gasteiger partial charge in [-0.3, -0.25) is 0 Å². The van der Waals surface area contributed by atoms with Gasteiger partial charge >= 0.3 is 0 Å². The maximum absolute atomic E-state index is 13.7. The average Bonchev–Trinajstić information content (AvgIpc) is 2.81. The van der Waals surface area contributed by atoms with Gasteiger partial charge in [0, 0.05) is 0 Å². The Labute approximate surface area is 128 Å². The zero-order valence-corrected chi connectivity index (χ0v) is 13.6. The van der Waals surface area contributed by atoms with Crippen LogP contribution < -0.4 is 5.32 Å². The number of benzene rings is 1. The van der Waals surface area contributed by atoms with Crippen LogP contribution in [-0.2, 0) is 0 Å². The lowest BCUT2D eigenvalue weighted by atomic mass is 10.0. The molecule has 0 fully saturated rings. The average molecular weight is 391 g/mol. The van der Waals surface area contributed by atoms with Crippen LogP contribution >= 0.6 is 31.9 Å². The maximum Gasteiger partial charge on any atom is 0.169 e. The molecule has 102 valence electrons. The van der Waals surface area contributed by atoms with Crippen molar-refractivity contribution in [3.05, 3.63) is 56.6 Å². The summed E-state index contributed by atoms with van der Waals surface area (Å²) in [7, 11) is 0. The van der Waals surface area contributed by atoms with Crippen LogP contribution in [0.25, 0.3) is 0 Å². The van der Waals surface area contributed by atoms with Crippen molar-refractivity contribution in [2.75, 3.05) is 6.54 Å². The highest BCUT2D eigenvalue weighted by Gasteiger charge is 2.20. The summed E-state index contributed by atoms with van der Waals surface area (Å²) in [6, 6.07) is 8.57. The van der Waals surface area contributed by atoms with E-state index in [4.69, 9.17) is 4.42 Å². The predicted molar refractivity (Wildman–Crippen MR) is 80.6 cm³/mol. The van der Waals surface area contributed by atoms with Gasteiger partial charge in [-0.1, -0.05) is 19.1 Å². The number of nitrogens with one attached hydrogen (secondary N) is 1. The molecule has 0 aliphatic carbocycles. The first kappa shape index (κ1) is 14.8. The summed E-state index contributed by atoms with van der Waals surface area (Å²) in [5, 5.41) is 3.37. The molecule has 1 heterocycles. The molecule has 1 unspecified atom stereocenters. The molecule has 0 saturated heterocycles. The van der Waals surface area contributed by atoms with Crippen molar-refractivity contribution in [3.63, 3.8) is 0 Å². The van der Waals surface area contributed by atoms with Crippen LogP contribution in [0.5, 0.6) is 0 Å². The molecule has 0 amide bonds. The van der Waals surface area contributed by atoms with Gasteiger partial charge in [-0.05, 0) is 68.6 Å². The number of furan rings is 1. The highest BCUT2D eigenvalue weighted by atomic mass is 79.9. The van der Waals surface area contributed by atoms with Crippen molar-refractivity contribution < 1.29 is 8.81 Å². The first-order valence-electron chi connectivity index (χ1n) is 6.06. The Morgan fingerprint density at radius 2 is 2.05 bits per heavy atom. The molecular weight excluding hydrogens is 377 g/mol. The largest absolute Gasteiger partial charge is 0.452 e. The lowest BCUT2D eigenvalue weighted by molar-refractivity contribution is 0.431. The van der Waals surface area contributed by atoms with E-state index in [1.54, 1.807) is 6.07 Å². The summed E-state index contributed by atoms with van der Waals surface area (Å²) >= 11 is 6.60. The number of halogens is 3. The van der Waals surface area contributed by atoms with E-state index in [1.165, 1.54) is 6.07 Å². The smallest absolute Gasteiger partial charge is 0.169 e. The Morgan fingerprint density at radius 3 is 2.68 bits per heavy atom. The zero-order chi connectivity index (χ0) is 13.8. The lowest BCUT2D eigenvalue weighted by Crippen LogP contribution is -2.23. The molecule has 1 aromatic carbocycles. The van der Waals surface area contributed by atoms with Crippen molar-refractivity contribution in [1.82, 2.24) is 5.32 Å². The van der Waals surface area contributed by atoms with Crippen LogP contribution in [0.3, 0.4) is 0 Å². The van der Waals surface area contributed by atoms with Gasteiger partial charge in [0.15, 0.2) is 4.67 Å². The molecule has 0 aliphatic rings. The van der Waals surface area contributed by atoms with Gasteiger partial charge in [0.25, 0.3) is 0 Å². The Morgan fingerprint density at radius 1 is 1.26 bits per heavy atom. The fourth-order valence-electron chi connectivity index (χ4n) is 1.88. The molecule has 0 aliphatic heterocycles. The van der Waals surface area contributed by atoms with E-state index < -0.39 is 0 Å². The molecule has 2 rings (SSSR count). The fraction of sp³-hybridized carbons (Fsp3) is 0.286. The van der Waals surface area contributed by atoms with E-state index >= 15 is 0 Å². The third kappa shape index (κ3) is 3.46. The normalized spacial score (nSPS) is 12.6. The second kappa shape index (κ2) is 6.68. The Hall–Kier alpha value is -0.650. The van der Waals surface area contributed by atoms with Gasteiger partial charge in [-0.25, -0.2) is 4.39 Å². The summed E-state index contributed by atoms with van der Waals surface area (Å²) in [6.07, 6.45) is 0.991. The SMILES string of the molecule is CCCNC(c1ccc(Br)o1)c1cccc(F)c1Br. The molecule has 19 heavy (non-hydrogen) atoms. The quantitative estimate of drug-likeness (QED) is 0.774. The zero-order valence-electron chi connectivity index (χ0n) is 10.4. The molecule has 2 aromatic rings. The van der Waals surface area contributed by atoms with Crippen LogP contribution in [0.15, 0.2) is 43.9 Å². The molecule has 0 spiro atoms. The van der Waals surface area contributed by atoms with E-state index in [2.05, 4.69) is 44.1 Å². The van der Waals surface area contributed by atoms with Gasteiger partial charge in [-0.15, -0.1) is 0 Å². The van der Waals surface area contributed by atoms with Crippen molar-refractivity contribution >= 4 is 31.9 Å². The molecule has 0 bridgehead atoms. The summed E-state index contributed by atoms with van der Waals surface area (Å²) in [6.45, 7) is 2.91. The van der Waals surface area contributed by atoms with Gasteiger partial charge in [0.2, 0.25) is 0 Å². The molecule has 2 nitrogen and oxygen atoms in total. The fourth-order valence-corrected chi connectivity index (χ4v) is 2.69. The molecule has 5 heteroatoms. The van der Waals surface area contributed by atoms with Crippen LogP contribution in [0.4, 0.5) is 4.39 Å². The topological polar surface area (TPSA) is 25.2 Å². The minimum Gasteiger partial charge on any atom is -0.452 e. The monoisotopic (exact) mass is 389 g/mol. The van der Waals surface area contributed by atoms with E-state index in [0.717, 1.165) is 24.3 Å². The predicted octanol–water partition coefficient (Wildman–Crippen LogP) is 5.03. The van der Waals surface area contributed by atoms with Crippen molar-refractivity contribution in [3.8, 4) is 0 Å². The van der Waals surface area contributed by atoms with Gasteiger partial charge in [0.05, 0.1) is 10.5 Å². The molecule has 0 radical (unpaired) electrons. The van der Waals surface area contributed by atoms with Crippen LogP contribution in [0.1, 0.15) is 30.7 Å². The number of rotatable bonds is 5. The summed E-state index contributed by atoms with van der Waals surface area (Å²) in [4.78, 5) is 0. The minimum absolute atomic E-state index is 0.170. The maximum atomic E-state index is 13.7. The third-order valence-corrected chi connectivity index (χ3v) is 4.03. The standard InChI is InChI=1S/C14H14Br2FNO/c1-2-8-18-14(11-6-7-12(15)19-11)9-4-3-5-10(17)13(9)16/h3-7,14,18H,2,8H2,1H3. The van der Waals surface area contributed by atoms with Crippen molar-refractivity contribution in [2.45, 2.75) is 19.4 Å². The van der Waals surface area contributed by atoms with Crippen LogP contribution in [0, 0.1) is 5.82 Å². The van der Waals surface area contributed by atoms with Gasteiger partial charge < -0.3 is 9.73 Å².